The fraction of sp³-hybridized carbons (Fsp3) is 0.300. The van der Waals surface area contributed by atoms with Crippen molar-refractivity contribution in [3.05, 3.63) is 47.5 Å². The number of sulfonamides is 1. The molecule has 2 aromatic carbocycles. The van der Waals surface area contributed by atoms with Gasteiger partial charge in [0.1, 0.15) is 6.54 Å². The first kappa shape index (κ1) is 23.0. The van der Waals surface area contributed by atoms with Gasteiger partial charge in [-0.2, -0.15) is 0 Å². The first-order chi connectivity index (χ1) is 14.2. The Kier molecular flexibility index (Phi) is 7.28. The monoisotopic (exact) mass is 437 g/mol. The van der Waals surface area contributed by atoms with E-state index in [1.807, 2.05) is 0 Å². The zero-order valence-corrected chi connectivity index (χ0v) is 18.1. The van der Waals surface area contributed by atoms with E-state index in [9.17, 15) is 18.0 Å². The predicted molar refractivity (Wildman–Crippen MR) is 109 cm³/mol. The van der Waals surface area contributed by atoms with Gasteiger partial charge in [0.05, 0.1) is 44.6 Å². The molecule has 30 heavy (non-hydrogen) atoms. The van der Waals surface area contributed by atoms with E-state index in [0.717, 1.165) is 11.4 Å². The molecule has 0 fully saturated rings. The first-order valence-electron chi connectivity index (χ1n) is 8.70. The highest BCUT2D eigenvalue weighted by Crippen LogP contribution is 2.33. The fourth-order valence-electron chi connectivity index (χ4n) is 2.81. The molecule has 0 bridgehead atoms. The highest BCUT2D eigenvalue weighted by atomic mass is 32.2. The molecule has 0 saturated carbocycles. The third-order valence-corrected chi connectivity index (χ3v) is 6.18. The SMILES string of the molecule is COC(=O)CN(c1cccc(C(=O)OC)c1C)S(=O)(=O)c1ccc(OC)c(OC)c1. The summed E-state index contributed by atoms with van der Waals surface area (Å²) in [5.41, 5.74) is 0.641. The van der Waals surface area contributed by atoms with Crippen LogP contribution in [0.1, 0.15) is 15.9 Å². The molecule has 0 amide bonds. The summed E-state index contributed by atoms with van der Waals surface area (Å²) in [6.45, 7) is 0.967. The molecule has 0 spiro atoms. The summed E-state index contributed by atoms with van der Waals surface area (Å²) < 4.78 is 47.6. The van der Waals surface area contributed by atoms with Gasteiger partial charge in [-0.05, 0) is 36.8 Å². The van der Waals surface area contributed by atoms with Gasteiger partial charge >= 0.3 is 11.9 Å². The van der Waals surface area contributed by atoms with Gasteiger partial charge in [-0.25, -0.2) is 13.2 Å². The van der Waals surface area contributed by atoms with E-state index >= 15 is 0 Å². The van der Waals surface area contributed by atoms with Gasteiger partial charge in [0.15, 0.2) is 11.5 Å². The molecule has 0 radical (unpaired) electrons. The summed E-state index contributed by atoms with van der Waals surface area (Å²) >= 11 is 0. The number of methoxy groups -OCH3 is 4. The van der Waals surface area contributed by atoms with Crippen molar-refractivity contribution in [1.29, 1.82) is 0 Å². The Balaban J connectivity index is 2.68. The largest absolute Gasteiger partial charge is 0.493 e. The molecule has 10 heteroatoms. The summed E-state index contributed by atoms with van der Waals surface area (Å²) in [5.74, 6) is -0.853. The second-order valence-electron chi connectivity index (χ2n) is 6.05. The van der Waals surface area contributed by atoms with Crippen LogP contribution in [0.3, 0.4) is 0 Å². The maximum atomic E-state index is 13.5. The van der Waals surface area contributed by atoms with Crippen LogP contribution in [-0.4, -0.2) is 55.3 Å². The van der Waals surface area contributed by atoms with E-state index in [1.165, 1.54) is 57.7 Å². The molecule has 0 heterocycles. The average molecular weight is 437 g/mol. The lowest BCUT2D eigenvalue weighted by atomic mass is 10.1. The van der Waals surface area contributed by atoms with Crippen molar-refractivity contribution in [2.75, 3.05) is 39.3 Å². The Morgan fingerprint density at radius 2 is 1.60 bits per heavy atom. The molecule has 0 aromatic heterocycles. The summed E-state index contributed by atoms with van der Waals surface area (Å²) in [6.07, 6.45) is 0. The van der Waals surface area contributed by atoms with E-state index in [1.54, 1.807) is 6.92 Å². The minimum Gasteiger partial charge on any atom is -0.493 e. The van der Waals surface area contributed by atoms with Crippen LogP contribution in [0.4, 0.5) is 5.69 Å². The number of rotatable bonds is 8. The second kappa shape index (κ2) is 9.49. The van der Waals surface area contributed by atoms with E-state index in [2.05, 4.69) is 4.74 Å². The molecule has 0 saturated heterocycles. The number of carbonyl (C=O) groups is 2. The van der Waals surface area contributed by atoms with Crippen LogP contribution in [0.25, 0.3) is 0 Å². The fourth-order valence-corrected chi connectivity index (χ4v) is 4.29. The zero-order chi connectivity index (χ0) is 22.5. The molecule has 0 unspecified atom stereocenters. The van der Waals surface area contributed by atoms with Gasteiger partial charge in [0.25, 0.3) is 10.0 Å². The summed E-state index contributed by atoms with van der Waals surface area (Å²) in [5, 5.41) is 0. The van der Waals surface area contributed by atoms with Crippen LogP contribution in [0.15, 0.2) is 41.3 Å². The van der Waals surface area contributed by atoms with E-state index in [4.69, 9.17) is 14.2 Å². The molecule has 0 aliphatic carbocycles. The molecule has 162 valence electrons. The maximum Gasteiger partial charge on any atom is 0.338 e. The standard InChI is InChI=1S/C20H23NO8S/c1-13-15(20(23)29-5)7-6-8-16(13)21(12-19(22)28-4)30(24,25)14-9-10-17(26-2)18(11-14)27-3/h6-11H,12H2,1-5H3. The molecular weight excluding hydrogens is 414 g/mol. The van der Waals surface area contributed by atoms with Crippen molar-refractivity contribution in [1.82, 2.24) is 0 Å². The van der Waals surface area contributed by atoms with Crippen LogP contribution >= 0.6 is 0 Å². The molecule has 0 aliphatic rings. The van der Waals surface area contributed by atoms with Crippen molar-refractivity contribution in [2.24, 2.45) is 0 Å². The minimum absolute atomic E-state index is 0.132. The molecular formula is C20H23NO8S. The molecule has 2 rings (SSSR count). The number of carbonyl (C=O) groups excluding carboxylic acids is 2. The number of esters is 2. The highest BCUT2D eigenvalue weighted by molar-refractivity contribution is 7.92. The van der Waals surface area contributed by atoms with Crippen LogP contribution in [0.2, 0.25) is 0 Å². The molecule has 9 nitrogen and oxygen atoms in total. The van der Waals surface area contributed by atoms with Gasteiger partial charge in [0, 0.05) is 6.07 Å². The van der Waals surface area contributed by atoms with Gasteiger partial charge in [-0.15, -0.1) is 0 Å². The number of ether oxygens (including phenoxy) is 4. The minimum atomic E-state index is -4.24. The topological polar surface area (TPSA) is 108 Å². The maximum absolute atomic E-state index is 13.5. The van der Waals surface area contributed by atoms with Crippen molar-refractivity contribution >= 4 is 27.6 Å². The van der Waals surface area contributed by atoms with Crippen molar-refractivity contribution in [3.8, 4) is 11.5 Å². The number of hydrogen-bond donors (Lipinski definition) is 0. The van der Waals surface area contributed by atoms with E-state index < -0.39 is 28.5 Å². The normalized spacial score (nSPS) is 10.8. The Morgan fingerprint density at radius 1 is 0.933 bits per heavy atom. The van der Waals surface area contributed by atoms with Crippen LogP contribution < -0.4 is 13.8 Å². The number of hydrogen-bond acceptors (Lipinski definition) is 8. The third-order valence-electron chi connectivity index (χ3n) is 4.42. The lowest BCUT2D eigenvalue weighted by molar-refractivity contribution is -0.138. The van der Waals surface area contributed by atoms with Crippen LogP contribution in [0, 0.1) is 6.92 Å². The number of nitrogens with zero attached hydrogens (tertiary/aromatic N) is 1. The zero-order valence-electron chi connectivity index (χ0n) is 17.3. The molecule has 2 aromatic rings. The van der Waals surface area contributed by atoms with Crippen LogP contribution in [-0.2, 0) is 24.3 Å². The Morgan fingerprint density at radius 3 is 2.17 bits per heavy atom. The second-order valence-corrected chi connectivity index (χ2v) is 7.91. The average Bonchev–Trinajstić information content (AvgIpc) is 2.76. The Hall–Kier alpha value is -3.27. The summed E-state index contributed by atoms with van der Waals surface area (Å²) in [6, 6.07) is 8.56. The van der Waals surface area contributed by atoms with Gasteiger partial charge < -0.3 is 18.9 Å². The highest BCUT2D eigenvalue weighted by Gasteiger charge is 2.30. The lowest BCUT2D eigenvalue weighted by Crippen LogP contribution is -2.37. The Bertz CT molecular complexity index is 1050. The number of anilines is 1. The van der Waals surface area contributed by atoms with Crippen molar-refractivity contribution < 1.29 is 37.0 Å². The lowest BCUT2D eigenvalue weighted by Gasteiger charge is -2.26. The van der Waals surface area contributed by atoms with Gasteiger partial charge in [-0.1, -0.05) is 6.07 Å². The van der Waals surface area contributed by atoms with Gasteiger partial charge in [0.2, 0.25) is 0 Å². The molecule has 0 N–H and O–H groups in total. The summed E-state index contributed by atoms with van der Waals surface area (Å²) in [4.78, 5) is 23.9. The molecule has 0 atom stereocenters. The molecule has 0 aliphatic heterocycles. The van der Waals surface area contributed by atoms with Crippen molar-refractivity contribution in [2.45, 2.75) is 11.8 Å². The van der Waals surface area contributed by atoms with Crippen LogP contribution in [0.5, 0.6) is 11.5 Å². The Labute approximate surface area is 175 Å². The summed E-state index contributed by atoms with van der Waals surface area (Å²) in [7, 11) is 0.941. The van der Waals surface area contributed by atoms with Gasteiger partial charge in [-0.3, -0.25) is 9.10 Å². The predicted octanol–water partition coefficient (Wildman–Crippen LogP) is 2.17. The van der Waals surface area contributed by atoms with E-state index in [0.29, 0.717) is 11.3 Å². The third kappa shape index (κ3) is 4.48. The number of benzene rings is 2. The van der Waals surface area contributed by atoms with Crippen molar-refractivity contribution in [3.63, 3.8) is 0 Å². The van der Waals surface area contributed by atoms with E-state index in [-0.39, 0.29) is 21.9 Å². The first-order valence-corrected chi connectivity index (χ1v) is 10.1. The smallest absolute Gasteiger partial charge is 0.338 e. The quantitative estimate of drug-likeness (QED) is 0.578.